The van der Waals surface area contributed by atoms with E-state index in [9.17, 15) is 13.2 Å². The minimum absolute atomic E-state index is 0.0303. The van der Waals surface area contributed by atoms with Gasteiger partial charge in [0.25, 0.3) is 0 Å². The quantitative estimate of drug-likeness (QED) is 0.374. The first-order valence-electron chi connectivity index (χ1n) is 3.79. The Hall–Kier alpha value is -1.62. The van der Waals surface area contributed by atoms with Gasteiger partial charge in [0.05, 0.1) is 0 Å². The highest BCUT2D eigenvalue weighted by Crippen LogP contribution is 2.05. The fourth-order valence-corrected chi connectivity index (χ4v) is 1.43. The number of ether oxygens (including phenoxy) is 1. The average molecular weight is 212 g/mol. The summed E-state index contributed by atoms with van der Waals surface area (Å²) in [5, 5.41) is 0. The normalized spacial score (nSPS) is 19.1. The summed E-state index contributed by atoms with van der Waals surface area (Å²) < 4.78 is 26.2. The molecule has 1 unspecified atom stereocenters. The molecule has 1 atom stereocenters. The molecule has 0 aliphatic heterocycles. The smallest absolute Gasteiger partial charge is 0.331 e. The largest absolute Gasteiger partial charge is 0.449 e. The third-order valence-corrected chi connectivity index (χ3v) is 2.29. The highest BCUT2D eigenvalue weighted by Gasteiger charge is 2.17. The molecule has 14 heavy (non-hydrogen) atoms. The molecule has 0 N–H and O–H groups in total. The van der Waals surface area contributed by atoms with Gasteiger partial charge in [0.1, 0.15) is 4.86 Å². The van der Waals surface area contributed by atoms with Gasteiger partial charge in [-0.3, -0.25) is 0 Å². The summed E-state index contributed by atoms with van der Waals surface area (Å²) in [5.74, 6) is -0.655. The van der Waals surface area contributed by atoms with Gasteiger partial charge >= 0.3 is 5.97 Å². The van der Waals surface area contributed by atoms with E-state index in [-0.39, 0.29) is 4.86 Å². The van der Waals surface area contributed by atoms with Gasteiger partial charge in [0, 0.05) is 6.08 Å². The molecule has 4 nitrogen and oxygen atoms in total. The van der Waals surface area contributed by atoms with Crippen LogP contribution < -0.4 is 0 Å². The molecule has 1 rings (SSSR count). The Morgan fingerprint density at radius 1 is 1.50 bits per heavy atom. The summed E-state index contributed by atoms with van der Waals surface area (Å²) in [4.78, 5) is 10.9. The summed E-state index contributed by atoms with van der Waals surface area (Å²) in [6, 6.07) is 0. The highest BCUT2D eigenvalue weighted by molar-refractivity contribution is 7.73. The van der Waals surface area contributed by atoms with Crippen molar-refractivity contribution in [3.05, 3.63) is 37.0 Å². The SMILES string of the molecule is C=CC(=O)OC1C=CC=CC1=S(=O)=O. The molecule has 0 fully saturated rings. The van der Waals surface area contributed by atoms with E-state index in [1.54, 1.807) is 12.2 Å². The van der Waals surface area contributed by atoms with E-state index < -0.39 is 22.4 Å². The van der Waals surface area contributed by atoms with Crippen molar-refractivity contribution >= 4 is 21.1 Å². The van der Waals surface area contributed by atoms with Crippen LogP contribution in [-0.2, 0) is 19.8 Å². The lowest BCUT2D eigenvalue weighted by atomic mass is 10.1. The number of carbonyl (C=O) groups is 1. The second-order valence-electron chi connectivity index (χ2n) is 2.44. The summed E-state index contributed by atoms with van der Waals surface area (Å²) in [6.45, 7) is 3.22. The maximum atomic E-state index is 10.8. The van der Waals surface area contributed by atoms with Crippen molar-refractivity contribution in [1.82, 2.24) is 0 Å². The molecule has 74 valence electrons. The van der Waals surface area contributed by atoms with E-state index in [4.69, 9.17) is 4.74 Å². The van der Waals surface area contributed by atoms with Gasteiger partial charge in [-0.2, -0.15) is 8.42 Å². The highest BCUT2D eigenvalue weighted by atomic mass is 32.2. The Kier molecular flexibility index (Phi) is 3.41. The minimum atomic E-state index is -2.38. The van der Waals surface area contributed by atoms with Crippen molar-refractivity contribution in [1.29, 1.82) is 0 Å². The fourth-order valence-electron chi connectivity index (χ4n) is 0.926. The van der Waals surface area contributed by atoms with Crippen molar-refractivity contribution in [2.24, 2.45) is 0 Å². The van der Waals surface area contributed by atoms with Crippen LogP contribution in [0.4, 0.5) is 0 Å². The Morgan fingerprint density at radius 2 is 2.21 bits per heavy atom. The van der Waals surface area contributed by atoms with Crippen LogP contribution in [-0.4, -0.2) is 25.4 Å². The van der Waals surface area contributed by atoms with Crippen molar-refractivity contribution in [3.8, 4) is 0 Å². The van der Waals surface area contributed by atoms with Crippen LogP contribution in [0.15, 0.2) is 37.0 Å². The van der Waals surface area contributed by atoms with Gasteiger partial charge in [0.15, 0.2) is 6.10 Å². The second kappa shape index (κ2) is 4.57. The van der Waals surface area contributed by atoms with Crippen molar-refractivity contribution in [2.75, 3.05) is 0 Å². The number of carbonyl (C=O) groups excluding carboxylic acids is 1. The molecule has 0 amide bonds. The Balaban J connectivity index is 2.93. The lowest BCUT2D eigenvalue weighted by Crippen LogP contribution is -2.25. The third-order valence-electron chi connectivity index (χ3n) is 1.54. The molecule has 0 saturated heterocycles. The molecule has 0 aromatic rings. The predicted molar refractivity (Wildman–Crippen MR) is 52.3 cm³/mol. The summed E-state index contributed by atoms with van der Waals surface area (Å²) >= 11 is 0. The van der Waals surface area contributed by atoms with E-state index in [0.29, 0.717) is 0 Å². The van der Waals surface area contributed by atoms with E-state index >= 15 is 0 Å². The van der Waals surface area contributed by atoms with Gasteiger partial charge in [0.2, 0.25) is 10.3 Å². The van der Waals surface area contributed by atoms with E-state index in [0.717, 1.165) is 6.08 Å². The van der Waals surface area contributed by atoms with Crippen LogP contribution >= 0.6 is 0 Å². The molecule has 0 bridgehead atoms. The fraction of sp³-hybridized carbons (Fsp3) is 0.111. The number of rotatable bonds is 2. The predicted octanol–water partition coefficient (Wildman–Crippen LogP) is 0.262. The van der Waals surface area contributed by atoms with Crippen LogP contribution in [0.25, 0.3) is 0 Å². The first kappa shape index (κ1) is 10.5. The van der Waals surface area contributed by atoms with Crippen LogP contribution in [0.1, 0.15) is 0 Å². The molecule has 1 aliphatic rings. The molecular formula is C9H8O4S. The van der Waals surface area contributed by atoms with Gasteiger partial charge in [-0.15, -0.1) is 0 Å². The van der Waals surface area contributed by atoms with Crippen molar-refractivity contribution in [2.45, 2.75) is 6.10 Å². The molecule has 0 spiro atoms. The van der Waals surface area contributed by atoms with Crippen molar-refractivity contribution < 1.29 is 17.9 Å². The Bertz CT molecular complexity index is 431. The minimum Gasteiger partial charge on any atom is -0.449 e. The van der Waals surface area contributed by atoms with E-state index in [1.165, 1.54) is 12.2 Å². The molecule has 0 heterocycles. The maximum Gasteiger partial charge on any atom is 0.331 e. The zero-order valence-electron chi connectivity index (χ0n) is 7.21. The molecule has 0 aromatic heterocycles. The molecule has 5 heteroatoms. The number of hydrogen-bond donors (Lipinski definition) is 0. The van der Waals surface area contributed by atoms with Gasteiger partial charge in [-0.05, 0) is 12.2 Å². The summed E-state index contributed by atoms with van der Waals surface area (Å²) in [5.41, 5.74) is 0. The maximum absolute atomic E-state index is 10.8. The standard InChI is InChI=1S/C9H8O4S/c1-2-9(10)13-7-5-3-4-6-8(7)14(11)12/h2-7H,1H2. The zero-order valence-corrected chi connectivity index (χ0v) is 8.03. The summed E-state index contributed by atoms with van der Waals surface area (Å²) in [7, 11) is -2.38. The molecular weight excluding hydrogens is 204 g/mol. The number of allylic oxidation sites excluding steroid dienone is 2. The van der Waals surface area contributed by atoms with E-state index in [2.05, 4.69) is 6.58 Å². The van der Waals surface area contributed by atoms with Gasteiger partial charge in [-0.25, -0.2) is 4.79 Å². The number of esters is 1. The topological polar surface area (TPSA) is 60.4 Å². The van der Waals surface area contributed by atoms with Crippen molar-refractivity contribution in [3.63, 3.8) is 0 Å². The van der Waals surface area contributed by atoms with Crippen LogP contribution in [0.2, 0.25) is 0 Å². The van der Waals surface area contributed by atoms with Crippen LogP contribution in [0.3, 0.4) is 0 Å². The third kappa shape index (κ3) is 2.43. The van der Waals surface area contributed by atoms with Crippen LogP contribution in [0, 0.1) is 0 Å². The summed E-state index contributed by atoms with van der Waals surface area (Å²) in [6.07, 6.45) is 6.17. The molecule has 0 radical (unpaired) electrons. The molecule has 0 aromatic carbocycles. The van der Waals surface area contributed by atoms with Gasteiger partial charge < -0.3 is 4.74 Å². The molecule has 0 saturated carbocycles. The first-order chi connectivity index (χ1) is 6.65. The monoisotopic (exact) mass is 212 g/mol. The lowest BCUT2D eigenvalue weighted by Gasteiger charge is -2.12. The average Bonchev–Trinajstić information content (AvgIpc) is 2.18. The Labute approximate surface area is 82.7 Å². The lowest BCUT2D eigenvalue weighted by molar-refractivity contribution is -0.138. The molecule has 1 aliphatic carbocycles. The van der Waals surface area contributed by atoms with Gasteiger partial charge in [-0.1, -0.05) is 18.7 Å². The number of hydrogen-bond acceptors (Lipinski definition) is 4. The second-order valence-corrected chi connectivity index (χ2v) is 3.38. The zero-order chi connectivity index (χ0) is 10.6. The van der Waals surface area contributed by atoms with Crippen LogP contribution in [0.5, 0.6) is 0 Å². The Morgan fingerprint density at radius 3 is 2.79 bits per heavy atom. The van der Waals surface area contributed by atoms with E-state index in [1.807, 2.05) is 0 Å². The first-order valence-corrected chi connectivity index (χ1v) is 4.86.